The fraction of sp³-hybridized carbons (Fsp3) is 0.519. The summed E-state index contributed by atoms with van der Waals surface area (Å²) in [5.74, 6) is 1.72. The minimum Gasteiger partial charge on any atom is -0.384 e. The fourth-order valence-corrected chi connectivity index (χ4v) is 5.44. The van der Waals surface area contributed by atoms with Gasteiger partial charge in [-0.25, -0.2) is 4.98 Å². The lowest BCUT2D eigenvalue weighted by atomic mass is 9.87. The Labute approximate surface area is 201 Å². The number of anilines is 1. The molecule has 0 bridgehead atoms. The molecule has 180 valence electrons. The van der Waals surface area contributed by atoms with Crippen LogP contribution in [0.25, 0.3) is 0 Å². The number of hydrogen-bond donors (Lipinski definition) is 1. The predicted octanol–water partition coefficient (Wildman–Crippen LogP) is 3.01. The molecule has 2 aromatic rings. The van der Waals surface area contributed by atoms with Crippen LogP contribution in [0.2, 0.25) is 0 Å². The average molecular weight is 463 g/mol. The number of nitrogens with one attached hydrogen (secondary N) is 1. The third-order valence-electron chi connectivity index (χ3n) is 7.50. The first-order chi connectivity index (χ1) is 16.5. The summed E-state index contributed by atoms with van der Waals surface area (Å²) in [5, 5.41) is 2.94. The number of piperazine rings is 1. The maximum atomic E-state index is 13.3. The van der Waals surface area contributed by atoms with E-state index in [-0.39, 0.29) is 23.7 Å². The molecule has 1 aromatic carbocycles. The first kappa shape index (κ1) is 22.8. The Kier molecular flexibility index (Phi) is 6.30. The number of benzene rings is 1. The molecule has 1 saturated carbocycles. The van der Waals surface area contributed by atoms with Crippen molar-refractivity contribution in [3.05, 3.63) is 58.3 Å². The van der Waals surface area contributed by atoms with Gasteiger partial charge in [-0.15, -0.1) is 0 Å². The molecule has 2 aliphatic heterocycles. The third-order valence-corrected chi connectivity index (χ3v) is 7.50. The van der Waals surface area contributed by atoms with E-state index in [9.17, 15) is 9.59 Å². The van der Waals surface area contributed by atoms with Crippen LogP contribution >= 0.6 is 0 Å². The largest absolute Gasteiger partial charge is 0.384 e. The number of aromatic nitrogens is 1. The molecule has 7 nitrogen and oxygen atoms in total. The molecule has 2 saturated heterocycles. The second kappa shape index (κ2) is 9.37. The molecule has 1 aromatic heterocycles. The molecule has 2 atom stereocenters. The van der Waals surface area contributed by atoms with E-state index in [1.807, 2.05) is 36.2 Å². The Morgan fingerprint density at radius 1 is 1.09 bits per heavy atom. The van der Waals surface area contributed by atoms with Crippen LogP contribution in [-0.2, 0) is 9.53 Å². The molecule has 2 amide bonds. The van der Waals surface area contributed by atoms with Gasteiger partial charge in [-0.05, 0) is 60.9 Å². The molecular formula is C27H34N4O3. The Morgan fingerprint density at radius 3 is 2.47 bits per heavy atom. The second-order valence-electron chi connectivity index (χ2n) is 9.98. The molecule has 1 aliphatic carbocycles. The molecule has 34 heavy (non-hydrogen) atoms. The number of nitrogens with zero attached hydrogens (tertiary/aromatic N) is 3. The summed E-state index contributed by atoms with van der Waals surface area (Å²) in [4.78, 5) is 34.7. The van der Waals surface area contributed by atoms with Crippen molar-refractivity contribution in [2.24, 2.45) is 5.92 Å². The first-order valence-electron chi connectivity index (χ1n) is 12.3. The summed E-state index contributed by atoms with van der Waals surface area (Å²) in [7, 11) is 1.66. The van der Waals surface area contributed by atoms with Crippen molar-refractivity contribution < 1.29 is 14.3 Å². The number of amides is 2. The van der Waals surface area contributed by atoms with E-state index in [0.717, 1.165) is 30.0 Å². The van der Waals surface area contributed by atoms with Crippen molar-refractivity contribution in [2.45, 2.75) is 38.5 Å². The monoisotopic (exact) mass is 462 g/mol. The maximum Gasteiger partial charge on any atom is 0.254 e. The van der Waals surface area contributed by atoms with E-state index in [2.05, 4.69) is 23.2 Å². The lowest BCUT2D eigenvalue weighted by Gasteiger charge is -2.36. The molecule has 3 aliphatic rings. The highest BCUT2D eigenvalue weighted by molar-refractivity contribution is 5.96. The number of methoxy groups -OCH3 is 1. The smallest absolute Gasteiger partial charge is 0.254 e. The lowest BCUT2D eigenvalue weighted by Crippen LogP contribution is -2.49. The van der Waals surface area contributed by atoms with Gasteiger partial charge in [0.15, 0.2) is 0 Å². The van der Waals surface area contributed by atoms with Crippen molar-refractivity contribution in [3.63, 3.8) is 0 Å². The molecule has 5 rings (SSSR count). The third kappa shape index (κ3) is 4.41. The molecule has 3 fully saturated rings. The highest BCUT2D eigenvalue weighted by atomic mass is 16.5. The van der Waals surface area contributed by atoms with Gasteiger partial charge in [0.1, 0.15) is 5.82 Å². The molecule has 1 N–H and O–H groups in total. The molecule has 0 radical (unpaired) electrons. The number of rotatable bonds is 6. The second-order valence-corrected chi connectivity index (χ2v) is 9.98. The Hall–Kier alpha value is -2.93. The summed E-state index contributed by atoms with van der Waals surface area (Å²) in [6.45, 7) is 8.15. The number of hydrogen-bond acceptors (Lipinski definition) is 5. The Balaban J connectivity index is 1.24. The van der Waals surface area contributed by atoms with Crippen LogP contribution < -0.4 is 10.2 Å². The molecule has 1 unspecified atom stereocenters. The van der Waals surface area contributed by atoms with Gasteiger partial charge in [0.2, 0.25) is 5.91 Å². The first-order valence-corrected chi connectivity index (χ1v) is 12.3. The predicted molar refractivity (Wildman–Crippen MR) is 131 cm³/mol. The Bertz CT molecular complexity index is 1090. The molecule has 7 heteroatoms. The summed E-state index contributed by atoms with van der Waals surface area (Å²) < 4.78 is 5.30. The van der Waals surface area contributed by atoms with Gasteiger partial charge in [-0.1, -0.05) is 18.2 Å². The normalized spacial score (nSPS) is 22.7. The van der Waals surface area contributed by atoms with E-state index < -0.39 is 0 Å². The quantitative estimate of drug-likeness (QED) is 0.714. The number of carbonyl (C=O) groups excluding carboxylic acids is 2. The van der Waals surface area contributed by atoms with Crippen LogP contribution in [0.5, 0.6) is 0 Å². The highest BCUT2D eigenvalue weighted by Gasteiger charge is 2.36. The number of ether oxygens (including phenoxy) is 1. The van der Waals surface area contributed by atoms with Gasteiger partial charge in [-0.2, -0.15) is 0 Å². The van der Waals surface area contributed by atoms with Gasteiger partial charge in [-0.3, -0.25) is 9.59 Å². The van der Waals surface area contributed by atoms with Gasteiger partial charge in [0.05, 0.1) is 12.5 Å². The minimum absolute atomic E-state index is 0.0331. The number of pyridine rings is 1. The number of aryl methyl sites for hydroxylation is 2. The van der Waals surface area contributed by atoms with Crippen LogP contribution in [-0.4, -0.2) is 68.1 Å². The topological polar surface area (TPSA) is 74.8 Å². The zero-order valence-corrected chi connectivity index (χ0v) is 20.3. The van der Waals surface area contributed by atoms with E-state index >= 15 is 0 Å². The van der Waals surface area contributed by atoms with Crippen LogP contribution in [0.4, 0.5) is 5.82 Å². The zero-order chi connectivity index (χ0) is 23.8. The Morgan fingerprint density at radius 2 is 1.82 bits per heavy atom. The van der Waals surface area contributed by atoms with E-state index in [4.69, 9.17) is 9.72 Å². The van der Waals surface area contributed by atoms with Crippen molar-refractivity contribution >= 4 is 17.6 Å². The molecular weight excluding hydrogens is 428 g/mol. The summed E-state index contributed by atoms with van der Waals surface area (Å²) in [6, 6.07) is 8.10. The minimum atomic E-state index is -0.228. The number of carbonyl (C=O) groups is 2. The van der Waals surface area contributed by atoms with Gasteiger partial charge in [0, 0.05) is 57.5 Å². The van der Waals surface area contributed by atoms with E-state index in [1.165, 1.54) is 24.0 Å². The van der Waals surface area contributed by atoms with Crippen molar-refractivity contribution in [2.75, 3.05) is 51.3 Å². The van der Waals surface area contributed by atoms with Crippen LogP contribution in [0.15, 0.2) is 30.5 Å². The van der Waals surface area contributed by atoms with Gasteiger partial charge >= 0.3 is 0 Å². The standard InChI is InChI=1S/C27H34N4O3/c1-17-12-20(24-22(16-34-3)15-29-26(24)32)6-7-23(17)27(33)31-10-8-30(9-11-31)25-18(2)13-21(14-28-25)19-4-5-19/h6-7,12-14,19,22,24H,4-5,8-11,15-16H2,1-3H3,(H,29,32)/t22?,24-/m0/s1. The molecule has 0 spiro atoms. The van der Waals surface area contributed by atoms with Gasteiger partial charge in [0.25, 0.3) is 5.91 Å². The van der Waals surface area contributed by atoms with Crippen molar-refractivity contribution in [3.8, 4) is 0 Å². The lowest BCUT2D eigenvalue weighted by molar-refractivity contribution is -0.120. The average Bonchev–Trinajstić information content (AvgIpc) is 3.62. The molecule has 3 heterocycles. The van der Waals surface area contributed by atoms with Crippen LogP contribution in [0.3, 0.4) is 0 Å². The summed E-state index contributed by atoms with van der Waals surface area (Å²) in [6.07, 6.45) is 4.59. The van der Waals surface area contributed by atoms with E-state index in [0.29, 0.717) is 37.7 Å². The SMILES string of the molecule is COCC1CNC(=O)[C@H]1c1ccc(C(=O)N2CCN(c3ncc(C4CC4)cc3C)CC2)c(C)c1. The van der Waals surface area contributed by atoms with Crippen molar-refractivity contribution in [1.82, 2.24) is 15.2 Å². The zero-order valence-electron chi connectivity index (χ0n) is 20.3. The van der Waals surface area contributed by atoms with Crippen molar-refractivity contribution in [1.29, 1.82) is 0 Å². The fourth-order valence-electron chi connectivity index (χ4n) is 5.44. The summed E-state index contributed by atoms with van der Waals surface area (Å²) in [5.41, 5.74) is 5.15. The van der Waals surface area contributed by atoms with E-state index in [1.54, 1.807) is 7.11 Å². The highest BCUT2D eigenvalue weighted by Crippen LogP contribution is 2.40. The maximum absolute atomic E-state index is 13.3. The van der Waals surface area contributed by atoms with Gasteiger partial charge < -0.3 is 19.9 Å². The summed E-state index contributed by atoms with van der Waals surface area (Å²) >= 11 is 0. The van der Waals surface area contributed by atoms with Crippen LogP contribution in [0, 0.1) is 19.8 Å². The van der Waals surface area contributed by atoms with Crippen LogP contribution in [0.1, 0.15) is 57.3 Å².